The molecule has 1 aliphatic rings. The van der Waals surface area contributed by atoms with Gasteiger partial charge >= 0.3 is 0 Å². The number of hydrazine groups is 1. The van der Waals surface area contributed by atoms with Gasteiger partial charge in [0.15, 0.2) is 0 Å². The number of amides is 2. The third-order valence-corrected chi connectivity index (χ3v) is 3.14. The molecule has 1 aromatic rings. The van der Waals surface area contributed by atoms with E-state index in [1.165, 1.54) is 10.0 Å². The van der Waals surface area contributed by atoms with Crippen LogP contribution in [0.2, 0.25) is 5.02 Å². The Kier molecular flexibility index (Phi) is 2.59. The molecule has 84 valence electrons. The summed E-state index contributed by atoms with van der Waals surface area (Å²) < 4.78 is 0. The molecule has 0 N–H and O–H groups in total. The summed E-state index contributed by atoms with van der Waals surface area (Å²) in [6.07, 6.45) is 0. The highest BCUT2D eigenvalue weighted by atomic mass is 35.5. The Morgan fingerprint density at radius 2 is 1.56 bits per heavy atom. The molecule has 0 atom stereocenters. The monoisotopic (exact) mass is 238 g/mol. The maximum absolute atomic E-state index is 11.9. The van der Waals surface area contributed by atoms with Crippen molar-refractivity contribution in [1.82, 2.24) is 10.0 Å². The normalized spacial score (nSPS) is 17.4. The maximum Gasteiger partial charge on any atom is 0.258 e. The first-order chi connectivity index (χ1) is 7.54. The van der Waals surface area contributed by atoms with E-state index in [1.54, 1.807) is 38.4 Å². The van der Waals surface area contributed by atoms with Gasteiger partial charge in [0.25, 0.3) is 11.8 Å². The van der Waals surface area contributed by atoms with Crippen molar-refractivity contribution < 1.29 is 9.59 Å². The summed E-state index contributed by atoms with van der Waals surface area (Å²) in [5.74, 6) is -1.30. The Morgan fingerprint density at radius 3 is 2.06 bits per heavy atom. The van der Waals surface area contributed by atoms with Crippen molar-refractivity contribution in [3.63, 3.8) is 0 Å². The number of benzene rings is 1. The molecular weight excluding hydrogens is 228 g/mol. The zero-order chi connectivity index (χ0) is 11.9. The molecule has 0 unspecified atom stereocenters. The fourth-order valence-corrected chi connectivity index (χ4v) is 2.00. The van der Waals surface area contributed by atoms with Gasteiger partial charge in [-0.05, 0) is 11.6 Å². The van der Waals surface area contributed by atoms with E-state index in [4.69, 9.17) is 11.6 Å². The smallest absolute Gasteiger partial charge is 0.258 e. The molecule has 0 spiro atoms. The number of halogens is 1. The van der Waals surface area contributed by atoms with Crippen molar-refractivity contribution in [2.45, 2.75) is 5.92 Å². The molecule has 4 nitrogen and oxygen atoms in total. The fraction of sp³-hybridized carbons (Fsp3) is 0.273. The summed E-state index contributed by atoms with van der Waals surface area (Å²) in [4.78, 5) is 23.8. The molecule has 2 rings (SSSR count). The predicted octanol–water partition coefficient (Wildman–Crippen LogP) is 1.27. The van der Waals surface area contributed by atoms with E-state index >= 15 is 0 Å². The first-order valence-corrected chi connectivity index (χ1v) is 5.21. The molecule has 1 heterocycles. The van der Waals surface area contributed by atoms with Gasteiger partial charge in [-0.25, -0.2) is 0 Å². The molecule has 0 aliphatic carbocycles. The standard InChI is InChI=1S/C11H11ClN2O2/c1-13-10(15)9(11(16)14(13)2)7-5-3-4-6-8(7)12/h3-6,9H,1-2H3. The van der Waals surface area contributed by atoms with Crippen molar-refractivity contribution in [2.75, 3.05) is 14.1 Å². The Bertz CT molecular complexity index is 441. The van der Waals surface area contributed by atoms with E-state index in [0.717, 1.165) is 0 Å². The highest BCUT2D eigenvalue weighted by Gasteiger charge is 2.43. The van der Waals surface area contributed by atoms with Crippen molar-refractivity contribution in [2.24, 2.45) is 0 Å². The number of carbonyl (C=O) groups is 2. The van der Waals surface area contributed by atoms with Gasteiger partial charge in [-0.1, -0.05) is 29.8 Å². The molecule has 0 saturated carbocycles. The predicted molar refractivity (Wildman–Crippen MR) is 59.7 cm³/mol. The summed E-state index contributed by atoms with van der Waals surface area (Å²) in [5, 5.41) is 3.05. The lowest BCUT2D eigenvalue weighted by molar-refractivity contribution is -0.141. The largest absolute Gasteiger partial charge is 0.272 e. The number of hydrogen-bond acceptors (Lipinski definition) is 2. The molecule has 0 bridgehead atoms. The van der Waals surface area contributed by atoms with Crippen LogP contribution in [-0.4, -0.2) is 35.9 Å². The van der Waals surface area contributed by atoms with Gasteiger partial charge in [-0.3, -0.25) is 19.6 Å². The van der Waals surface area contributed by atoms with Gasteiger partial charge < -0.3 is 0 Å². The number of rotatable bonds is 1. The maximum atomic E-state index is 11.9. The average Bonchev–Trinajstić information content (AvgIpc) is 2.45. The molecule has 16 heavy (non-hydrogen) atoms. The van der Waals surface area contributed by atoms with Gasteiger partial charge in [0, 0.05) is 19.1 Å². The summed E-state index contributed by atoms with van der Waals surface area (Å²) >= 11 is 5.99. The number of likely N-dealkylation sites (N-methyl/N-ethyl adjacent to an activating group) is 2. The summed E-state index contributed by atoms with van der Waals surface area (Å²) in [7, 11) is 3.13. The first-order valence-electron chi connectivity index (χ1n) is 4.83. The van der Waals surface area contributed by atoms with Crippen LogP contribution in [0.5, 0.6) is 0 Å². The lowest BCUT2D eigenvalue weighted by Gasteiger charge is -2.17. The lowest BCUT2D eigenvalue weighted by Crippen LogP contribution is -2.33. The van der Waals surface area contributed by atoms with Crippen molar-refractivity contribution in [3.8, 4) is 0 Å². The number of nitrogens with zero attached hydrogens (tertiary/aromatic N) is 2. The molecule has 0 aromatic heterocycles. The number of hydrogen-bond donors (Lipinski definition) is 0. The summed E-state index contributed by atoms with van der Waals surface area (Å²) in [6, 6.07) is 6.91. The van der Waals surface area contributed by atoms with Crippen LogP contribution in [0, 0.1) is 0 Å². The third-order valence-electron chi connectivity index (χ3n) is 2.80. The minimum atomic E-state index is -0.802. The van der Waals surface area contributed by atoms with E-state index in [9.17, 15) is 9.59 Å². The summed E-state index contributed by atoms with van der Waals surface area (Å²) in [5.41, 5.74) is 0.565. The van der Waals surface area contributed by atoms with Gasteiger partial charge in [-0.15, -0.1) is 0 Å². The van der Waals surface area contributed by atoms with Gasteiger partial charge in [0.1, 0.15) is 5.92 Å². The van der Waals surface area contributed by atoms with Crippen LogP contribution in [0.25, 0.3) is 0 Å². The zero-order valence-corrected chi connectivity index (χ0v) is 9.73. The van der Waals surface area contributed by atoms with Crippen LogP contribution in [0.3, 0.4) is 0 Å². The Balaban J connectivity index is 2.47. The van der Waals surface area contributed by atoms with E-state index in [1.807, 2.05) is 0 Å². The van der Waals surface area contributed by atoms with Gasteiger partial charge in [0.05, 0.1) is 0 Å². The molecule has 5 heteroatoms. The van der Waals surface area contributed by atoms with E-state index in [0.29, 0.717) is 10.6 Å². The molecular formula is C11H11ClN2O2. The van der Waals surface area contributed by atoms with Gasteiger partial charge in [0.2, 0.25) is 0 Å². The summed E-state index contributed by atoms with van der Waals surface area (Å²) in [6.45, 7) is 0. The second kappa shape index (κ2) is 3.79. The molecule has 0 radical (unpaired) electrons. The highest BCUT2D eigenvalue weighted by molar-refractivity contribution is 6.32. The van der Waals surface area contributed by atoms with Crippen molar-refractivity contribution in [3.05, 3.63) is 34.9 Å². The number of carbonyl (C=O) groups excluding carboxylic acids is 2. The molecule has 1 aromatic carbocycles. The molecule has 1 aliphatic heterocycles. The van der Waals surface area contributed by atoms with Crippen LogP contribution in [0.1, 0.15) is 11.5 Å². The average molecular weight is 239 g/mol. The second-order valence-electron chi connectivity index (χ2n) is 3.68. The van der Waals surface area contributed by atoms with Crippen LogP contribution in [-0.2, 0) is 9.59 Å². The zero-order valence-electron chi connectivity index (χ0n) is 8.98. The SMILES string of the molecule is CN1C(=O)C(c2ccccc2Cl)C(=O)N1C. The van der Waals surface area contributed by atoms with E-state index in [-0.39, 0.29) is 11.8 Å². The van der Waals surface area contributed by atoms with E-state index < -0.39 is 5.92 Å². The Morgan fingerprint density at radius 1 is 1.06 bits per heavy atom. The Labute approximate surface area is 98.4 Å². The minimum absolute atomic E-state index is 0.249. The van der Waals surface area contributed by atoms with Crippen molar-refractivity contribution >= 4 is 23.4 Å². The topological polar surface area (TPSA) is 40.6 Å². The highest BCUT2D eigenvalue weighted by Crippen LogP contribution is 2.31. The van der Waals surface area contributed by atoms with Crippen LogP contribution < -0.4 is 0 Å². The van der Waals surface area contributed by atoms with Crippen molar-refractivity contribution in [1.29, 1.82) is 0 Å². The third kappa shape index (κ3) is 1.46. The minimum Gasteiger partial charge on any atom is -0.272 e. The lowest BCUT2D eigenvalue weighted by atomic mass is 9.98. The first kappa shape index (κ1) is 11.0. The van der Waals surface area contributed by atoms with Gasteiger partial charge in [-0.2, -0.15) is 0 Å². The molecule has 2 amide bonds. The second-order valence-corrected chi connectivity index (χ2v) is 4.09. The molecule has 1 saturated heterocycles. The fourth-order valence-electron chi connectivity index (χ4n) is 1.75. The van der Waals surface area contributed by atoms with Crippen LogP contribution in [0.4, 0.5) is 0 Å². The molecule has 1 fully saturated rings. The quantitative estimate of drug-likeness (QED) is 0.692. The van der Waals surface area contributed by atoms with Crippen LogP contribution >= 0.6 is 11.6 Å². The Hall–Kier alpha value is -1.55. The van der Waals surface area contributed by atoms with Crippen LogP contribution in [0.15, 0.2) is 24.3 Å². The van der Waals surface area contributed by atoms with E-state index in [2.05, 4.69) is 0 Å².